The van der Waals surface area contributed by atoms with Crippen LogP contribution in [0.25, 0.3) is 0 Å². The van der Waals surface area contributed by atoms with Crippen molar-refractivity contribution in [3.63, 3.8) is 0 Å². The summed E-state index contributed by atoms with van der Waals surface area (Å²) in [5.74, 6) is -0.300. The molecule has 88 valence electrons. The Hall–Kier alpha value is -1.40. The first-order valence-electron chi connectivity index (χ1n) is 4.81. The molecule has 0 aliphatic heterocycles. The normalized spacial score (nSPS) is 10.2. The molecule has 0 aliphatic carbocycles. The fraction of sp³-hybridized carbons (Fsp3) is 0.0909. The van der Waals surface area contributed by atoms with E-state index in [0.29, 0.717) is 12.4 Å². The molecule has 0 atom stereocenters. The van der Waals surface area contributed by atoms with Crippen LogP contribution in [0.5, 0.6) is 0 Å². The third-order valence-electron chi connectivity index (χ3n) is 2.08. The zero-order chi connectivity index (χ0) is 12.3. The van der Waals surface area contributed by atoms with Gasteiger partial charge in [-0.25, -0.2) is 9.78 Å². The van der Waals surface area contributed by atoms with E-state index in [1.807, 2.05) is 11.4 Å². The lowest BCUT2D eigenvalue weighted by molar-refractivity contribution is 0.0696. The van der Waals surface area contributed by atoms with E-state index in [2.05, 4.69) is 26.2 Å². The number of carboxylic acid groups (broad SMARTS) is 1. The van der Waals surface area contributed by atoms with Crippen LogP contribution in [-0.2, 0) is 6.54 Å². The molecule has 2 N–H and O–H groups in total. The number of thiophene rings is 1. The van der Waals surface area contributed by atoms with Crippen LogP contribution in [0.15, 0.2) is 34.2 Å². The van der Waals surface area contributed by atoms with Gasteiger partial charge >= 0.3 is 5.97 Å². The van der Waals surface area contributed by atoms with Gasteiger partial charge in [0.15, 0.2) is 0 Å². The van der Waals surface area contributed by atoms with Crippen molar-refractivity contribution in [3.8, 4) is 0 Å². The van der Waals surface area contributed by atoms with E-state index in [-0.39, 0.29) is 5.56 Å². The van der Waals surface area contributed by atoms with Gasteiger partial charge in [-0.3, -0.25) is 0 Å². The van der Waals surface area contributed by atoms with Crippen LogP contribution >= 0.6 is 27.3 Å². The second-order valence-electron chi connectivity index (χ2n) is 3.32. The summed E-state index contributed by atoms with van der Waals surface area (Å²) in [4.78, 5) is 15.8. The first-order chi connectivity index (χ1) is 8.15. The second-order valence-corrected chi connectivity index (χ2v) is 5.23. The number of halogens is 1. The number of carboxylic acids is 1. The fourth-order valence-electron chi connectivity index (χ4n) is 1.25. The van der Waals surface area contributed by atoms with Crippen LogP contribution in [0.2, 0.25) is 0 Å². The van der Waals surface area contributed by atoms with Crippen molar-refractivity contribution < 1.29 is 9.90 Å². The third kappa shape index (κ3) is 3.28. The number of pyridine rings is 1. The Balaban J connectivity index is 1.97. The summed E-state index contributed by atoms with van der Waals surface area (Å²) in [7, 11) is 0. The van der Waals surface area contributed by atoms with Gasteiger partial charge < -0.3 is 10.4 Å². The quantitative estimate of drug-likeness (QED) is 0.910. The van der Waals surface area contributed by atoms with Gasteiger partial charge in [0.2, 0.25) is 0 Å². The Morgan fingerprint density at radius 1 is 1.53 bits per heavy atom. The predicted octanol–water partition coefficient (Wildman–Crippen LogP) is 3.22. The Morgan fingerprint density at radius 3 is 2.88 bits per heavy atom. The van der Waals surface area contributed by atoms with Crippen molar-refractivity contribution in [2.24, 2.45) is 0 Å². The average Bonchev–Trinajstić information content (AvgIpc) is 2.73. The van der Waals surface area contributed by atoms with E-state index in [9.17, 15) is 4.79 Å². The summed E-state index contributed by atoms with van der Waals surface area (Å²) in [6.45, 7) is 0.676. The minimum atomic E-state index is -0.966. The molecule has 2 aromatic rings. The van der Waals surface area contributed by atoms with Crippen LogP contribution in [0.4, 0.5) is 5.82 Å². The molecular weight excluding hydrogens is 304 g/mol. The zero-order valence-electron chi connectivity index (χ0n) is 8.68. The number of aromatic carboxylic acids is 1. The molecule has 0 unspecified atom stereocenters. The van der Waals surface area contributed by atoms with Crippen LogP contribution in [0.1, 0.15) is 15.2 Å². The summed E-state index contributed by atoms with van der Waals surface area (Å²) in [6.07, 6.45) is 1.34. The molecule has 6 heteroatoms. The van der Waals surface area contributed by atoms with E-state index < -0.39 is 5.97 Å². The summed E-state index contributed by atoms with van der Waals surface area (Å²) in [5, 5.41) is 13.9. The summed E-state index contributed by atoms with van der Waals surface area (Å²) >= 11 is 5.03. The monoisotopic (exact) mass is 312 g/mol. The molecule has 4 nitrogen and oxygen atoms in total. The number of rotatable bonds is 4. The van der Waals surface area contributed by atoms with Gasteiger partial charge in [-0.15, -0.1) is 11.3 Å². The van der Waals surface area contributed by atoms with Crippen LogP contribution in [0, 0.1) is 0 Å². The minimum absolute atomic E-state index is 0.189. The highest BCUT2D eigenvalue weighted by Gasteiger charge is 2.03. The molecule has 0 saturated heterocycles. The Labute approximate surface area is 110 Å². The first-order valence-corrected chi connectivity index (χ1v) is 6.48. The van der Waals surface area contributed by atoms with Gasteiger partial charge in [-0.05, 0) is 34.1 Å². The Bertz CT molecular complexity index is 525. The number of hydrogen-bond acceptors (Lipinski definition) is 4. The lowest BCUT2D eigenvalue weighted by Gasteiger charge is -2.03. The lowest BCUT2D eigenvalue weighted by Crippen LogP contribution is -2.02. The minimum Gasteiger partial charge on any atom is -0.478 e. The van der Waals surface area contributed by atoms with E-state index in [1.54, 1.807) is 17.4 Å². The topological polar surface area (TPSA) is 62.2 Å². The summed E-state index contributed by atoms with van der Waals surface area (Å²) < 4.78 is 1.06. The molecule has 2 rings (SSSR count). The third-order valence-corrected chi connectivity index (χ3v) is 3.77. The highest BCUT2D eigenvalue weighted by molar-refractivity contribution is 9.10. The van der Waals surface area contributed by atoms with Crippen molar-refractivity contribution in [2.45, 2.75) is 6.54 Å². The Kier molecular flexibility index (Phi) is 3.75. The maximum atomic E-state index is 10.6. The molecule has 0 aromatic carbocycles. The molecule has 2 aromatic heterocycles. The number of hydrogen-bond donors (Lipinski definition) is 2. The first kappa shape index (κ1) is 12.1. The molecule has 0 aliphatic rings. The highest BCUT2D eigenvalue weighted by atomic mass is 79.9. The SMILES string of the molecule is O=C(O)c1ccc(NCc2cc(Br)cs2)nc1. The molecule has 0 bridgehead atoms. The number of anilines is 1. The van der Waals surface area contributed by atoms with E-state index in [0.717, 1.165) is 4.47 Å². The van der Waals surface area contributed by atoms with Gasteiger partial charge in [0.1, 0.15) is 5.82 Å². The molecular formula is C11H9BrN2O2S. The van der Waals surface area contributed by atoms with Crippen LogP contribution < -0.4 is 5.32 Å². The van der Waals surface area contributed by atoms with E-state index in [1.165, 1.54) is 17.1 Å². The molecule has 0 saturated carbocycles. The molecule has 0 amide bonds. The largest absolute Gasteiger partial charge is 0.478 e. The number of aromatic nitrogens is 1. The van der Waals surface area contributed by atoms with Gasteiger partial charge in [0.25, 0.3) is 0 Å². The standard InChI is InChI=1S/C11H9BrN2O2S/c12-8-3-9(17-6-8)5-14-10-2-1-7(4-13-10)11(15)16/h1-4,6H,5H2,(H,13,14)(H,15,16). The van der Waals surface area contributed by atoms with Crippen LogP contribution in [-0.4, -0.2) is 16.1 Å². The van der Waals surface area contributed by atoms with Crippen LogP contribution in [0.3, 0.4) is 0 Å². The maximum absolute atomic E-state index is 10.6. The van der Waals surface area contributed by atoms with Gasteiger partial charge in [-0.2, -0.15) is 0 Å². The molecule has 0 fully saturated rings. The smallest absolute Gasteiger partial charge is 0.337 e. The molecule has 2 heterocycles. The van der Waals surface area contributed by atoms with E-state index >= 15 is 0 Å². The summed E-state index contributed by atoms with van der Waals surface area (Å²) in [5.41, 5.74) is 0.189. The zero-order valence-corrected chi connectivity index (χ0v) is 11.1. The Morgan fingerprint density at radius 2 is 2.35 bits per heavy atom. The maximum Gasteiger partial charge on any atom is 0.337 e. The number of nitrogens with one attached hydrogen (secondary N) is 1. The van der Waals surface area contributed by atoms with E-state index in [4.69, 9.17) is 5.11 Å². The number of carbonyl (C=O) groups is 1. The molecule has 0 radical (unpaired) electrons. The van der Waals surface area contributed by atoms with Gasteiger partial charge in [-0.1, -0.05) is 0 Å². The second kappa shape index (κ2) is 5.29. The average molecular weight is 313 g/mol. The van der Waals surface area contributed by atoms with Crippen molar-refractivity contribution in [2.75, 3.05) is 5.32 Å². The molecule has 0 spiro atoms. The van der Waals surface area contributed by atoms with Crippen molar-refractivity contribution in [1.82, 2.24) is 4.98 Å². The number of nitrogens with zero attached hydrogens (tertiary/aromatic N) is 1. The van der Waals surface area contributed by atoms with Crippen molar-refractivity contribution in [3.05, 3.63) is 44.7 Å². The lowest BCUT2D eigenvalue weighted by atomic mass is 10.3. The fourth-order valence-corrected chi connectivity index (χ4v) is 2.64. The summed E-state index contributed by atoms with van der Waals surface area (Å²) in [6, 6.07) is 5.22. The van der Waals surface area contributed by atoms with Crippen molar-refractivity contribution >= 4 is 39.1 Å². The predicted molar refractivity (Wildman–Crippen MR) is 70.5 cm³/mol. The van der Waals surface area contributed by atoms with Crippen molar-refractivity contribution in [1.29, 1.82) is 0 Å². The highest BCUT2D eigenvalue weighted by Crippen LogP contribution is 2.20. The van der Waals surface area contributed by atoms with Gasteiger partial charge in [0, 0.05) is 20.9 Å². The molecule has 17 heavy (non-hydrogen) atoms. The van der Waals surface area contributed by atoms with Gasteiger partial charge in [0.05, 0.1) is 12.1 Å².